The van der Waals surface area contributed by atoms with Crippen LogP contribution in [0.15, 0.2) is 0 Å². The molecular weight excluding hydrogens is 392 g/mol. The highest BCUT2D eigenvalue weighted by Crippen LogP contribution is 2.46. The highest BCUT2D eigenvalue weighted by Gasteiger charge is 2.59. The van der Waals surface area contributed by atoms with Gasteiger partial charge in [0.1, 0.15) is 36.3 Å². The fourth-order valence-electron chi connectivity index (χ4n) is 5.77. The van der Waals surface area contributed by atoms with Crippen LogP contribution in [-0.4, -0.2) is 57.5 Å². The minimum atomic E-state index is -0.239. The van der Waals surface area contributed by atoms with Crippen molar-refractivity contribution in [3.8, 4) is 0 Å². The number of piperidine rings is 2. The number of likely N-dealkylation sites (tertiary alicyclic amines) is 2. The molecule has 0 aromatic heterocycles. The lowest BCUT2D eigenvalue weighted by Crippen LogP contribution is -2.71. The van der Waals surface area contributed by atoms with Gasteiger partial charge in [-0.15, -0.1) is 9.29 Å². The van der Waals surface area contributed by atoms with Gasteiger partial charge >= 0.3 is 11.9 Å². The molecule has 0 unspecified atom stereocenters. The molecule has 0 aromatic rings. The van der Waals surface area contributed by atoms with Gasteiger partial charge in [0, 0.05) is 25.7 Å². The van der Waals surface area contributed by atoms with Gasteiger partial charge in [-0.1, -0.05) is 0 Å². The van der Waals surface area contributed by atoms with Crippen LogP contribution in [-0.2, 0) is 19.3 Å². The van der Waals surface area contributed by atoms with E-state index in [-0.39, 0.29) is 56.2 Å². The Morgan fingerprint density at radius 2 is 0.871 bits per heavy atom. The molecule has 0 saturated carbocycles. The minimum Gasteiger partial charge on any atom is -0.276 e. The monoisotopic (exact) mass is 440 g/mol. The highest BCUT2D eigenvalue weighted by atomic mass is 16.8. The Morgan fingerprint density at radius 3 is 1.13 bits per heavy atom. The van der Waals surface area contributed by atoms with E-state index in [2.05, 4.69) is 55.4 Å². The Balaban J connectivity index is 1.94. The lowest BCUT2D eigenvalue weighted by atomic mass is 9.79. The first-order chi connectivity index (χ1) is 13.9. The summed E-state index contributed by atoms with van der Waals surface area (Å²) in [7, 11) is 4.05. The normalized spacial score (nSPS) is 27.2. The zero-order chi connectivity index (χ0) is 23.9. The molecule has 6 heteroatoms. The van der Waals surface area contributed by atoms with Crippen LogP contribution in [0.1, 0.15) is 113 Å². The molecule has 0 atom stereocenters. The van der Waals surface area contributed by atoms with Gasteiger partial charge in [0.2, 0.25) is 0 Å². The average molecular weight is 441 g/mol. The molecule has 0 aliphatic carbocycles. The Bertz CT molecular complexity index is 604. The summed E-state index contributed by atoms with van der Waals surface area (Å²) in [6.07, 6.45) is 7.27. The zero-order valence-corrected chi connectivity index (χ0v) is 21.9. The summed E-state index contributed by atoms with van der Waals surface area (Å²) in [5.74, 6) is -0.477. The van der Waals surface area contributed by atoms with Crippen molar-refractivity contribution in [2.75, 3.05) is 14.1 Å². The summed E-state index contributed by atoms with van der Waals surface area (Å²) >= 11 is 0. The fraction of sp³-hybridized carbons (Fsp3) is 0.920. The number of carbonyl (C=O) groups is 2. The van der Waals surface area contributed by atoms with Crippen LogP contribution >= 0.6 is 0 Å². The van der Waals surface area contributed by atoms with E-state index in [1.165, 1.54) is 0 Å². The van der Waals surface area contributed by atoms with Crippen LogP contribution < -0.4 is 0 Å². The van der Waals surface area contributed by atoms with Crippen molar-refractivity contribution in [3.63, 3.8) is 0 Å². The molecule has 2 heterocycles. The Labute approximate surface area is 190 Å². The molecule has 0 bridgehead atoms. The number of carbonyl (C=O) groups excluding carboxylic acids is 2. The van der Waals surface area contributed by atoms with Gasteiger partial charge in [0.25, 0.3) is 0 Å². The molecule has 0 amide bonds. The van der Waals surface area contributed by atoms with Gasteiger partial charge in [-0.25, -0.2) is 9.59 Å². The molecule has 180 valence electrons. The molecule has 6 nitrogen and oxygen atoms in total. The van der Waals surface area contributed by atoms with Crippen molar-refractivity contribution in [2.45, 2.75) is 135 Å². The lowest BCUT2D eigenvalue weighted by molar-refractivity contribution is -1.15. The standard InChI is InChI=1S/C25H48N2O4/c1-22(2)16-12-17-23(3,4)26(22,9)30-20(28)14-11-15-21(29)31-27(10)24(5,6)18-13-19-25(27,7)8/h11-19H2,1-10H3/q+2. The van der Waals surface area contributed by atoms with E-state index in [9.17, 15) is 9.59 Å². The summed E-state index contributed by atoms with van der Waals surface area (Å²) in [4.78, 5) is 37.6. The molecule has 2 fully saturated rings. The van der Waals surface area contributed by atoms with Gasteiger partial charge in [-0.05, 0) is 74.7 Å². The molecule has 0 N–H and O–H groups in total. The molecule has 0 aromatic carbocycles. The molecular formula is C25H48N2O4+2. The Morgan fingerprint density at radius 1 is 0.613 bits per heavy atom. The van der Waals surface area contributed by atoms with Gasteiger partial charge in [-0.3, -0.25) is 9.68 Å². The molecule has 0 spiro atoms. The first-order valence-corrected chi connectivity index (χ1v) is 12.1. The van der Waals surface area contributed by atoms with E-state index in [4.69, 9.17) is 9.68 Å². The van der Waals surface area contributed by atoms with E-state index in [0.29, 0.717) is 6.42 Å². The van der Waals surface area contributed by atoms with E-state index < -0.39 is 0 Å². The van der Waals surface area contributed by atoms with Gasteiger partial charge in [0.15, 0.2) is 0 Å². The fourth-order valence-corrected chi connectivity index (χ4v) is 5.77. The van der Waals surface area contributed by atoms with Gasteiger partial charge < -0.3 is 0 Å². The van der Waals surface area contributed by atoms with Crippen LogP contribution in [0.25, 0.3) is 0 Å². The van der Waals surface area contributed by atoms with E-state index >= 15 is 0 Å². The lowest BCUT2D eigenvalue weighted by Gasteiger charge is -2.55. The smallest absolute Gasteiger partial charge is 0.276 e. The van der Waals surface area contributed by atoms with E-state index in [0.717, 1.165) is 38.5 Å². The number of rotatable bonds is 6. The second-order valence-corrected chi connectivity index (χ2v) is 12.6. The van der Waals surface area contributed by atoms with Gasteiger partial charge in [-0.2, -0.15) is 0 Å². The van der Waals surface area contributed by atoms with Crippen LogP contribution in [0.3, 0.4) is 0 Å². The number of quaternary nitrogens is 2. The molecule has 31 heavy (non-hydrogen) atoms. The molecule has 2 aliphatic rings. The zero-order valence-electron chi connectivity index (χ0n) is 21.9. The Hall–Kier alpha value is -1.14. The minimum absolute atomic E-state index is 0.138. The first-order valence-electron chi connectivity index (χ1n) is 12.1. The maximum Gasteiger partial charge on any atom is 0.366 e. The molecule has 2 saturated heterocycles. The largest absolute Gasteiger partial charge is 0.366 e. The molecule has 2 rings (SSSR count). The van der Waals surface area contributed by atoms with Crippen molar-refractivity contribution in [1.29, 1.82) is 0 Å². The van der Waals surface area contributed by atoms with Crippen molar-refractivity contribution >= 4 is 11.9 Å². The number of hydrogen-bond acceptors (Lipinski definition) is 4. The second kappa shape index (κ2) is 8.33. The number of hydrogen-bond donors (Lipinski definition) is 0. The van der Waals surface area contributed by atoms with E-state index in [1.807, 2.05) is 14.1 Å². The third kappa shape index (κ3) is 4.66. The summed E-state index contributed by atoms with van der Waals surface area (Å²) in [6, 6.07) is 0. The summed E-state index contributed by atoms with van der Waals surface area (Å²) in [6.45, 7) is 17.4. The first kappa shape index (κ1) is 26.1. The molecule has 0 radical (unpaired) electrons. The number of nitrogens with zero attached hydrogens (tertiary/aromatic N) is 2. The van der Waals surface area contributed by atoms with E-state index in [1.54, 1.807) is 0 Å². The summed E-state index contributed by atoms with van der Waals surface area (Å²) in [5, 5.41) is 0. The quantitative estimate of drug-likeness (QED) is 0.516. The van der Waals surface area contributed by atoms with Crippen LogP contribution in [0, 0.1) is 0 Å². The predicted molar refractivity (Wildman–Crippen MR) is 122 cm³/mol. The van der Waals surface area contributed by atoms with Crippen LogP contribution in [0.4, 0.5) is 0 Å². The van der Waals surface area contributed by atoms with Crippen molar-refractivity contribution in [3.05, 3.63) is 0 Å². The van der Waals surface area contributed by atoms with Crippen molar-refractivity contribution < 1.29 is 28.6 Å². The average Bonchev–Trinajstić information content (AvgIpc) is 2.58. The van der Waals surface area contributed by atoms with Crippen molar-refractivity contribution in [1.82, 2.24) is 0 Å². The summed E-state index contributed by atoms with van der Waals surface area (Å²) < 4.78 is 0.557. The Kier molecular flexibility index (Phi) is 7.02. The third-order valence-corrected chi connectivity index (χ3v) is 9.11. The van der Waals surface area contributed by atoms with Gasteiger partial charge in [0.05, 0.1) is 12.8 Å². The molecule has 2 aliphatic heterocycles. The van der Waals surface area contributed by atoms with Crippen molar-refractivity contribution in [2.24, 2.45) is 0 Å². The summed E-state index contributed by atoms with van der Waals surface area (Å²) in [5.41, 5.74) is -0.553. The SMILES string of the molecule is CC1(C)CCCC(C)(C)[N+]1(C)OC(=O)CCCC(=O)O[N+]1(C)C(C)(C)CCCC1(C)C. The number of hydroxylamine groups is 6. The van der Waals surface area contributed by atoms with Crippen LogP contribution in [0.2, 0.25) is 0 Å². The maximum atomic E-state index is 12.7. The topological polar surface area (TPSA) is 52.6 Å². The predicted octanol–water partition coefficient (Wildman–Crippen LogP) is 5.45. The third-order valence-electron chi connectivity index (χ3n) is 9.11. The van der Waals surface area contributed by atoms with Crippen LogP contribution in [0.5, 0.6) is 0 Å². The maximum absolute atomic E-state index is 12.7. The highest BCUT2D eigenvalue weighted by molar-refractivity contribution is 5.71. The second-order valence-electron chi connectivity index (χ2n) is 12.6.